The molecule has 0 bridgehead atoms. The Morgan fingerprint density at radius 2 is 1.27 bits per heavy atom. The number of unbranched alkanes of at least 4 members (excludes halogenated alkanes) is 4. The Morgan fingerprint density at radius 1 is 0.727 bits per heavy atom. The predicted molar refractivity (Wildman–Crippen MR) is 100.0 cm³/mol. The molecular formula is C22H39. The van der Waals surface area contributed by atoms with Crippen LogP contribution in [0.3, 0.4) is 0 Å². The van der Waals surface area contributed by atoms with E-state index in [2.05, 4.69) is 40.7 Å². The van der Waals surface area contributed by atoms with E-state index in [9.17, 15) is 0 Å². The molecule has 0 heteroatoms. The molecule has 0 fully saturated rings. The van der Waals surface area contributed by atoms with Gasteiger partial charge >= 0.3 is 0 Å². The average Bonchev–Trinajstić information content (AvgIpc) is 2.78. The van der Waals surface area contributed by atoms with Gasteiger partial charge in [-0.05, 0) is 62.2 Å². The van der Waals surface area contributed by atoms with E-state index in [1.54, 1.807) is 16.7 Å². The van der Waals surface area contributed by atoms with Crippen molar-refractivity contribution in [3.63, 3.8) is 0 Å². The van der Waals surface area contributed by atoms with Crippen molar-refractivity contribution in [1.29, 1.82) is 0 Å². The topological polar surface area (TPSA) is 0 Å². The monoisotopic (exact) mass is 303 g/mol. The third-order valence-corrected chi connectivity index (χ3v) is 5.19. The number of rotatable bonds is 12. The highest BCUT2D eigenvalue weighted by molar-refractivity contribution is 5.45. The van der Waals surface area contributed by atoms with E-state index in [0.717, 1.165) is 0 Å². The Bertz CT molecular complexity index is 371. The van der Waals surface area contributed by atoms with Crippen LogP contribution in [0.1, 0.15) is 112 Å². The van der Waals surface area contributed by atoms with Crippen molar-refractivity contribution in [2.24, 2.45) is 5.41 Å². The molecule has 1 aliphatic carbocycles. The highest BCUT2D eigenvalue weighted by Gasteiger charge is 2.35. The lowest BCUT2D eigenvalue weighted by Gasteiger charge is -2.27. The molecule has 1 unspecified atom stereocenters. The van der Waals surface area contributed by atoms with Crippen molar-refractivity contribution in [3.05, 3.63) is 22.8 Å². The lowest BCUT2D eigenvalue weighted by Crippen LogP contribution is -2.15. The summed E-state index contributed by atoms with van der Waals surface area (Å²) < 4.78 is 0. The van der Waals surface area contributed by atoms with Gasteiger partial charge in [0.05, 0.1) is 0 Å². The first-order chi connectivity index (χ1) is 10.6. The number of hydrogen-bond donors (Lipinski definition) is 0. The second kappa shape index (κ2) is 10.3. The molecule has 0 nitrogen and oxygen atoms in total. The van der Waals surface area contributed by atoms with Gasteiger partial charge in [-0.3, -0.25) is 0 Å². The summed E-state index contributed by atoms with van der Waals surface area (Å²) >= 11 is 0. The van der Waals surface area contributed by atoms with Crippen LogP contribution in [-0.2, 0) is 0 Å². The fourth-order valence-electron chi connectivity index (χ4n) is 3.75. The molecule has 0 saturated carbocycles. The first-order valence-electron chi connectivity index (χ1n) is 9.99. The van der Waals surface area contributed by atoms with E-state index in [1.807, 2.05) is 0 Å². The minimum atomic E-state index is 0.247. The van der Waals surface area contributed by atoms with Crippen LogP contribution in [0.25, 0.3) is 0 Å². The number of allylic oxidation sites excluding steroid dienone is 4. The van der Waals surface area contributed by atoms with E-state index < -0.39 is 0 Å². The maximum absolute atomic E-state index is 4.00. The first kappa shape index (κ1) is 19.5. The molecule has 0 amide bonds. The number of hydrogen-bond acceptors (Lipinski definition) is 0. The second-order valence-electron chi connectivity index (χ2n) is 7.31. The van der Waals surface area contributed by atoms with Gasteiger partial charge < -0.3 is 0 Å². The molecule has 0 spiro atoms. The van der Waals surface area contributed by atoms with Crippen molar-refractivity contribution in [2.75, 3.05) is 0 Å². The predicted octanol–water partition coefficient (Wildman–Crippen LogP) is 7.79. The summed E-state index contributed by atoms with van der Waals surface area (Å²) in [5.74, 6) is 0. The Hall–Kier alpha value is -0.520. The summed E-state index contributed by atoms with van der Waals surface area (Å²) in [6.07, 6.45) is 19.7. The van der Waals surface area contributed by atoms with E-state index in [-0.39, 0.29) is 5.41 Å². The molecule has 0 aromatic carbocycles. The summed E-state index contributed by atoms with van der Waals surface area (Å²) in [4.78, 5) is 0. The average molecular weight is 304 g/mol. The zero-order chi connectivity index (χ0) is 16.4. The van der Waals surface area contributed by atoms with Crippen molar-refractivity contribution in [3.8, 4) is 0 Å². The van der Waals surface area contributed by atoms with E-state index in [0.29, 0.717) is 0 Å². The fraction of sp³-hybridized carbons (Fsp3) is 0.818. The third kappa shape index (κ3) is 5.28. The molecule has 22 heavy (non-hydrogen) atoms. The van der Waals surface area contributed by atoms with Crippen molar-refractivity contribution >= 4 is 0 Å². The maximum atomic E-state index is 4.00. The van der Waals surface area contributed by atoms with Gasteiger partial charge in [0, 0.05) is 5.41 Å². The van der Waals surface area contributed by atoms with Crippen LogP contribution in [-0.4, -0.2) is 0 Å². The zero-order valence-electron chi connectivity index (χ0n) is 16.0. The molecule has 0 aromatic rings. The fourth-order valence-corrected chi connectivity index (χ4v) is 3.75. The molecule has 1 aliphatic rings. The maximum Gasteiger partial charge on any atom is 0.0145 e. The standard InChI is InChI=1S/C22H39/c1-6-10-14-19-18-22(5,17-13-9-4)21(16-12-8-3)20(19)15-11-7-2/h6-17H2,1-5H3. The van der Waals surface area contributed by atoms with Crippen LogP contribution in [0.2, 0.25) is 0 Å². The SMILES string of the molecule is CCCCC1=[C]C(C)(CCCC)C(CCCC)=C1CCCC. The zero-order valence-corrected chi connectivity index (χ0v) is 16.0. The van der Waals surface area contributed by atoms with Gasteiger partial charge in [0.25, 0.3) is 0 Å². The minimum absolute atomic E-state index is 0.247. The van der Waals surface area contributed by atoms with Crippen LogP contribution >= 0.6 is 0 Å². The summed E-state index contributed by atoms with van der Waals surface area (Å²) in [6, 6.07) is 0. The smallest absolute Gasteiger partial charge is 0.0145 e. The van der Waals surface area contributed by atoms with Crippen molar-refractivity contribution < 1.29 is 0 Å². The molecule has 1 radical (unpaired) electrons. The lowest BCUT2D eigenvalue weighted by atomic mass is 9.77. The Kier molecular flexibility index (Phi) is 9.13. The van der Waals surface area contributed by atoms with Crippen LogP contribution in [0.4, 0.5) is 0 Å². The summed E-state index contributed by atoms with van der Waals surface area (Å²) in [7, 11) is 0. The molecule has 1 atom stereocenters. The first-order valence-corrected chi connectivity index (χ1v) is 9.99. The highest BCUT2D eigenvalue weighted by atomic mass is 14.4. The Balaban J connectivity index is 3.05. The quantitative estimate of drug-likeness (QED) is 0.345. The van der Waals surface area contributed by atoms with E-state index >= 15 is 0 Å². The van der Waals surface area contributed by atoms with E-state index in [4.69, 9.17) is 0 Å². The van der Waals surface area contributed by atoms with Crippen LogP contribution in [0.15, 0.2) is 16.7 Å². The van der Waals surface area contributed by atoms with Crippen LogP contribution < -0.4 is 0 Å². The molecule has 0 heterocycles. The molecule has 127 valence electrons. The van der Waals surface area contributed by atoms with Gasteiger partial charge in [0.2, 0.25) is 0 Å². The molecule has 0 saturated heterocycles. The minimum Gasteiger partial charge on any atom is -0.0654 e. The molecule has 0 aliphatic heterocycles. The van der Waals surface area contributed by atoms with Gasteiger partial charge in [0.1, 0.15) is 0 Å². The van der Waals surface area contributed by atoms with Gasteiger partial charge in [-0.2, -0.15) is 0 Å². The van der Waals surface area contributed by atoms with Crippen LogP contribution in [0, 0.1) is 11.5 Å². The van der Waals surface area contributed by atoms with Crippen molar-refractivity contribution in [2.45, 2.75) is 112 Å². The van der Waals surface area contributed by atoms with Crippen LogP contribution in [0.5, 0.6) is 0 Å². The van der Waals surface area contributed by atoms with Gasteiger partial charge in [-0.25, -0.2) is 0 Å². The lowest BCUT2D eigenvalue weighted by molar-refractivity contribution is 0.419. The van der Waals surface area contributed by atoms with Gasteiger partial charge in [-0.1, -0.05) is 72.3 Å². The van der Waals surface area contributed by atoms with Gasteiger partial charge in [0.15, 0.2) is 0 Å². The Labute approximate surface area is 140 Å². The molecule has 0 aromatic heterocycles. The summed E-state index contributed by atoms with van der Waals surface area (Å²) in [6.45, 7) is 11.7. The molecular weight excluding hydrogens is 264 g/mol. The highest BCUT2D eigenvalue weighted by Crippen LogP contribution is 2.48. The normalized spacial score (nSPS) is 21.6. The van der Waals surface area contributed by atoms with E-state index in [1.165, 1.54) is 77.0 Å². The second-order valence-corrected chi connectivity index (χ2v) is 7.31. The summed E-state index contributed by atoms with van der Waals surface area (Å²) in [5.41, 5.74) is 5.34. The Morgan fingerprint density at radius 3 is 1.86 bits per heavy atom. The van der Waals surface area contributed by atoms with Gasteiger partial charge in [-0.15, -0.1) is 0 Å². The molecule has 1 rings (SSSR count). The van der Waals surface area contributed by atoms with Crippen molar-refractivity contribution in [1.82, 2.24) is 0 Å². The molecule has 0 N–H and O–H groups in total. The largest absolute Gasteiger partial charge is 0.0654 e. The summed E-state index contributed by atoms with van der Waals surface area (Å²) in [5, 5.41) is 0. The third-order valence-electron chi connectivity index (χ3n) is 5.19.